The van der Waals surface area contributed by atoms with Gasteiger partial charge in [-0.25, -0.2) is 17.6 Å². The summed E-state index contributed by atoms with van der Waals surface area (Å²) in [6.07, 6.45) is 1.12. The summed E-state index contributed by atoms with van der Waals surface area (Å²) in [5, 5.41) is -0.522. The Hall–Kier alpha value is -0.880. The molecule has 0 aliphatic heterocycles. The van der Waals surface area contributed by atoms with Crippen molar-refractivity contribution < 1.29 is 17.6 Å². The zero-order valence-electron chi connectivity index (χ0n) is 18.3. The predicted molar refractivity (Wildman–Crippen MR) is 154 cm³/mol. The number of hydrogen-bond acceptors (Lipinski definition) is 1. The fourth-order valence-electron chi connectivity index (χ4n) is 3.77. The fourth-order valence-corrected chi connectivity index (χ4v) is 7.31. The molecule has 0 spiro atoms. The highest BCUT2D eigenvalue weighted by atomic mass is 127. The summed E-state index contributed by atoms with van der Waals surface area (Å²) in [7, 11) is 0. The number of rotatable bonds is 5. The zero-order chi connectivity index (χ0) is 25.6. The molecule has 3 aromatic carbocycles. The van der Waals surface area contributed by atoms with Crippen LogP contribution in [0.15, 0.2) is 36.4 Å². The monoisotopic (exact) mass is 760 g/mol. The first-order valence-electron chi connectivity index (χ1n) is 10.4. The highest BCUT2D eigenvalue weighted by Crippen LogP contribution is 2.41. The van der Waals surface area contributed by atoms with E-state index in [4.69, 9.17) is 23.2 Å². The standard InChI is InChI=1S/C26H16Cl2F4I2S/c1-11-3-6-17(24(32)21(11)29)16-9-8-15(20(28)23(16)31)14-7-4-13(22(30)19(14)27)5-10-18-26(34)25(33)12(2)35-18/h3-4,6-9H,5,10H2,1-2H3. The van der Waals surface area contributed by atoms with Crippen LogP contribution < -0.4 is 0 Å². The molecule has 0 nitrogen and oxygen atoms in total. The van der Waals surface area contributed by atoms with Gasteiger partial charge in [0.1, 0.15) is 11.6 Å². The normalized spacial score (nSPS) is 11.4. The molecule has 0 fully saturated rings. The van der Waals surface area contributed by atoms with E-state index in [9.17, 15) is 8.78 Å². The number of aryl methyl sites for hydroxylation is 4. The molecule has 0 aliphatic rings. The summed E-state index contributed by atoms with van der Waals surface area (Å²) in [6, 6.07) is 8.58. The molecule has 0 saturated heterocycles. The Kier molecular flexibility index (Phi) is 8.42. The van der Waals surface area contributed by atoms with Gasteiger partial charge in [-0.15, -0.1) is 11.3 Å². The van der Waals surface area contributed by atoms with Gasteiger partial charge in [-0.2, -0.15) is 0 Å². The molecular weight excluding hydrogens is 745 g/mol. The van der Waals surface area contributed by atoms with Crippen LogP contribution in [0.25, 0.3) is 22.3 Å². The van der Waals surface area contributed by atoms with E-state index in [1.165, 1.54) is 48.1 Å². The summed E-state index contributed by atoms with van der Waals surface area (Å²) in [5.41, 5.74) is 0.486. The van der Waals surface area contributed by atoms with Crippen LogP contribution in [0.4, 0.5) is 17.6 Å². The maximum absolute atomic E-state index is 15.2. The Morgan fingerprint density at radius 3 is 1.83 bits per heavy atom. The molecular formula is C26H16Cl2F4I2S. The first-order valence-corrected chi connectivity index (χ1v) is 14.1. The van der Waals surface area contributed by atoms with Crippen molar-refractivity contribution >= 4 is 79.7 Å². The Bertz CT molecular complexity index is 1470. The lowest BCUT2D eigenvalue weighted by Gasteiger charge is -2.14. The van der Waals surface area contributed by atoms with Crippen LogP contribution in [0.3, 0.4) is 0 Å². The Morgan fingerprint density at radius 1 is 0.657 bits per heavy atom. The van der Waals surface area contributed by atoms with Gasteiger partial charge in [0.25, 0.3) is 0 Å². The van der Waals surface area contributed by atoms with Gasteiger partial charge in [0.05, 0.1) is 10.0 Å². The second-order valence-electron chi connectivity index (χ2n) is 7.96. The van der Waals surface area contributed by atoms with Gasteiger partial charge in [-0.1, -0.05) is 59.6 Å². The molecule has 0 aliphatic carbocycles. The molecule has 182 valence electrons. The van der Waals surface area contributed by atoms with Crippen molar-refractivity contribution in [2.45, 2.75) is 26.7 Å². The average Bonchev–Trinajstić information content (AvgIpc) is 3.08. The number of hydrogen-bond donors (Lipinski definition) is 0. The van der Waals surface area contributed by atoms with Gasteiger partial charge < -0.3 is 0 Å². The van der Waals surface area contributed by atoms with Crippen LogP contribution in [-0.2, 0) is 12.8 Å². The molecule has 0 bridgehead atoms. The molecule has 1 heterocycles. The van der Waals surface area contributed by atoms with Crippen LogP contribution >= 0.6 is 79.7 Å². The molecule has 9 heteroatoms. The smallest absolute Gasteiger partial charge is 0.167 e. The minimum absolute atomic E-state index is 0.107. The lowest BCUT2D eigenvalue weighted by atomic mass is 9.96. The van der Waals surface area contributed by atoms with Crippen molar-refractivity contribution in [2.75, 3.05) is 0 Å². The summed E-state index contributed by atoms with van der Waals surface area (Å²) >= 11 is 18.9. The Morgan fingerprint density at radius 2 is 1.20 bits per heavy atom. The summed E-state index contributed by atoms with van der Waals surface area (Å²) < 4.78 is 61.2. The number of thiophene rings is 1. The molecule has 0 radical (unpaired) electrons. The van der Waals surface area contributed by atoms with Crippen LogP contribution in [0, 0.1) is 44.3 Å². The third-order valence-corrected chi connectivity index (χ3v) is 12.0. The third-order valence-electron chi connectivity index (χ3n) is 5.74. The maximum atomic E-state index is 15.2. The third kappa shape index (κ3) is 5.12. The highest BCUT2D eigenvalue weighted by Gasteiger charge is 2.22. The quantitative estimate of drug-likeness (QED) is 0.140. The molecule has 0 unspecified atom stereocenters. The van der Waals surface area contributed by atoms with E-state index in [2.05, 4.69) is 52.1 Å². The Labute approximate surface area is 241 Å². The average molecular weight is 761 g/mol. The van der Waals surface area contributed by atoms with Crippen molar-refractivity contribution in [3.63, 3.8) is 0 Å². The van der Waals surface area contributed by atoms with Gasteiger partial charge in [0.15, 0.2) is 11.6 Å². The predicted octanol–water partition coefficient (Wildman–Crippen LogP) is 10.6. The first kappa shape index (κ1) is 27.2. The topological polar surface area (TPSA) is 0 Å². The van der Waals surface area contributed by atoms with E-state index in [1.54, 1.807) is 23.5 Å². The molecule has 4 aromatic rings. The van der Waals surface area contributed by atoms with E-state index >= 15 is 8.78 Å². The SMILES string of the molecule is Cc1ccc(-c2ccc(-c3ccc(CCc4sc(C)c(I)c4I)c(F)c3Cl)c(Cl)c2F)c(F)c1F. The maximum Gasteiger partial charge on any atom is 0.167 e. The highest BCUT2D eigenvalue weighted by molar-refractivity contribution is 14.1. The van der Waals surface area contributed by atoms with Crippen LogP contribution in [0.1, 0.15) is 20.9 Å². The molecule has 0 saturated carbocycles. The number of benzene rings is 3. The number of halogens is 8. The van der Waals surface area contributed by atoms with Crippen molar-refractivity contribution in [3.05, 3.63) is 97.7 Å². The zero-order valence-corrected chi connectivity index (χ0v) is 25.0. The molecule has 4 rings (SSSR count). The van der Waals surface area contributed by atoms with Gasteiger partial charge in [-0.3, -0.25) is 0 Å². The van der Waals surface area contributed by atoms with Crippen molar-refractivity contribution in [1.82, 2.24) is 0 Å². The first-order chi connectivity index (χ1) is 16.5. The van der Waals surface area contributed by atoms with E-state index in [1.807, 2.05) is 0 Å². The summed E-state index contributed by atoms with van der Waals surface area (Å²) in [6.45, 7) is 3.47. The molecule has 1 aromatic heterocycles. The molecule has 0 amide bonds. The summed E-state index contributed by atoms with van der Waals surface area (Å²) in [5.74, 6) is -3.74. The van der Waals surface area contributed by atoms with E-state index in [0.717, 1.165) is 0 Å². The lowest BCUT2D eigenvalue weighted by Crippen LogP contribution is -1.99. The fraction of sp³-hybridized carbons (Fsp3) is 0.154. The van der Waals surface area contributed by atoms with Crippen LogP contribution in [-0.4, -0.2) is 0 Å². The van der Waals surface area contributed by atoms with Gasteiger partial charge in [0, 0.05) is 39.1 Å². The second-order valence-corrected chi connectivity index (χ2v) is 12.2. The van der Waals surface area contributed by atoms with Crippen molar-refractivity contribution in [2.24, 2.45) is 0 Å². The molecule has 0 N–H and O–H groups in total. The van der Waals surface area contributed by atoms with E-state index < -0.39 is 23.3 Å². The van der Waals surface area contributed by atoms with Gasteiger partial charge in [0.2, 0.25) is 0 Å². The van der Waals surface area contributed by atoms with Gasteiger partial charge >= 0.3 is 0 Å². The van der Waals surface area contributed by atoms with E-state index in [0.29, 0.717) is 18.4 Å². The molecule has 35 heavy (non-hydrogen) atoms. The minimum atomic E-state index is -1.16. The minimum Gasteiger partial charge on any atom is -0.205 e. The van der Waals surface area contributed by atoms with Crippen molar-refractivity contribution in [1.29, 1.82) is 0 Å². The largest absolute Gasteiger partial charge is 0.205 e. The van der Waals surface area contributed by atoms with Gasteiger partial charge in [-0.05, 0) is 83.0 Å². The second kappa shape index (κ2) is 10.8. The molecule has 0 atom stereocenters. The lowest BCUT2D eigenvalue weighted by molar-refractivity contribution is 0.505. The van der Waals surface area contributed by atoms with Crippen LogP contribution in [0.2, 0.25) is 10.0 Å². The van der Waals surface area contributed by atoms with E-state index in [-0.39, 0.29) is 37.9 Å². The van der Waals surface area contributed by atoms with Crippen LogP contribution in [0.5, 0.6) is 0 Å². The van der Waals surface area contributed by atoms with Crippen molar-refractivity contribution in [3.8, 4) is 22.3 Å². The Balaban J connectivity index is 1.68. The summed E-state index contributed by atoms with van der Waals surface area (Å²) in [4.78, 5) is 2.42.